The zero-order chi connectivity index (χ0) is 14.2. The minimum atomic E-state index is 0.847. The molecule has 4 aromatic rings. The van der Waals surface area contributed by atoms with Crippen molar-refractivity contribution in [1.82, 2.24) is 9.97 Å². The summed E-state index contributed by atoms with van der Waals surface area (Å²) < 4.78 is 5.32. The molecule has 0 aliphatic carbocycles. The van der Waals surface area contributed by atoms with Gasteiger partial charge in [0.05, 0.1) is 18.3 Å². The summed E-state index contributed by atoms with van der Waals surface area (Å²) in [6.45, 7) is 0. The third-order valence-electron chi connectivity index (χ3n) is 3.77. The van der Waals surface area contributed by atoms with Crippen molar-refractivity contribution in [3.8, 4) is 17.0 Å². The Bertz CT molecular complexity index is 926. The molecule has 4 rings (SSSR count). The van der Waals surface area contributed by atoms with Crippen molar-refractivity contribution in [2.45, 2.75) is 0 Å². The number of hydrogen-bond acceptors (Lipinski definition) is 2. The Morgan fingerprint density at radius 2 is 1.71 bits per heavy atom. The summed E-state index contributed by atoms with van der Waals surface area (Å²) in [7, 11) is 1.68. The molecule has 2 heterocycles. The van der Waals surface area contributed by atoms with Crippen molar-refractivity contribution < 1.29 is 4.74 Å². The summed E-state index contributed by atoms with van der Waals surface area (Å²) in [6.07, 6.45) is 4.02. The van der Waals surface area contributed by atoms with E-state index >= 15 is 0 Å². The predicted molar refractivity (Wildman–Crippen MR) is 85.6 cm³/mol. The van der Waals surface area contributed by atoms with E-state index < -0.39 is 0 Å². The third-order valence-corrected chi connectivity index (χ3v) is 3.77. The average molecular weight is 274 g/mol. The number of nitrogens with one attached hydrogen (secondary N) is 1. The van der Waals surface area contributed by atoms with Crippen molar-refractivity contribution in [3.63, 3.8) is 0 Å². The maximum atomic E-state index is 5.32. The van der Waals surface area contributed by atoms with Gasteiger partial charge in [0.25, 0.3) is 0 Å². The first-order chi connectivity index (χ1) is 10.4. The van der Waals surface area contributed by atoms with Gasteiger partial charge in [-0.2, -0.15) is 0 Å². The van der Waals surface area contributed by atoms with Crippen molar-refractivity contribution in [2.24, 2.45) is 0 Å². The Hall–Kier alpha value is -2.81. The smallest absolute Gasteiger partial charge is 0.119 e. The summed E-state index contributed by atoms with van der Waals surface area (Å²) >= 11 is 0. The van der Waals surface area contributed by atoms with E-state index in [1.165, 1.54) is 0 Å². The van der Waals surface area contributed by atoms with Gasteiger partial charge in [0.1, 0.15) is 5.75 Å². The molecule has 0 aliphatic heterocycles. The lowest BCUT2D eigenvalue weighted by atomic mass is 10.0. The molecule has 102 valence electrons. The van der Waals surface area contributed by atoms with Crippen LogP contribution in [-0.2, 0) is 0 Å². The largest absolute Gasteiger partial charge is 0.497 e. The van der Waals surface area contributed by atoms with E-state index in [-0.39, 0.29) is 0 Å². The second-order valence-corrected chi connectivity index (χ2v) is 4.99. The van der Waals surface area contributed by atoms with Gasteiger partial charge in [0, 0.05) is 34.1 Å². The highest BCUT2D eigenvalue weighted by atomic mass is 16.5. The summed E-state index contributed by atoms with van der Waals surface area (Å²) in [5.41, 5.74) is 3.10. The minimum Gasteiger partial charge on any atom is -0.497 e. The molecular weight excluding hydrogens is 260 g/mol. The van der Waals surface area contributed by atoms with E-state index in [0.29, 0.717) is 0 Å². The topological polar surface area (TPSA) is 37.9 Å². The molecule has 0 aliphatic rings. The highest BCUT2D eigenvalue weighted by Gasteiger charge is 2.11. The Morgan fingerprint density at radius 3 is 2.52 bits per heavy atom. The summed E-state index contributed by atoms with van der Waals surface area (Å²) in [6, 6.07) is 16.3. The Balaban J connectivity index is 2.10. The first-order valence-electron chi connectivity index (χ1n) is 6.86. The molecule has 2 aromatic heterocycles. The average Bonchev–Trinajstić information content (AvgIpc) is 3.04. The van der Waals surface area contributed by atoms with Gasteiger partial charge in [0.15, 0.2) is 0 Å². The van der Waals surface area contributed by atoms with Crippen LogP contribution >= 0.6 is 0 Å². The third kappa shape index (κ3) is 1.86. The van der Waals surface area contributed by atoms with Gasteiger partial charge in [0.2, 0.25) is 0 Å². The van der Waals surface area contributed by atoms with Gasteiger partial charge < -0.3 is 9.72 Å². The molecule has 0 bridgehead atoms. The zero-order valence-corrected chi connectivity index (χ0v) is 11.6. The van der Waals surface area contributed by atoms with Gasteiger partial charge in [-0.05, 0) is 18.2 Å². The van der Waals surface area contributed by atoms with Crippen LogP contribution in [0.2, 0.25) is 0 Å². The lowest BCUT2D eigenvalue weighted by Crippen LogP contribution is -1.89. The summed E-state index contributed by atoms with van der Waals surface area (Å²) in [4.78, 5) is 8.04. The highest BCUT2D eigenvalue weighted by Crippen LogP contribution is 2.33. The lowest BCUT2D eigenvalue weighted by Gasteiger charge is -2.08. The molecule has 21 heavy (non-hydrogen) atoms. The van der Waals surface area contributed by atoms with Crippen molar-refractivity contribution in [2.75, 3.05) is 7.11 Å². The molecule has 0 saturated heterocycles. The van der Waals surface area contributed by atoms with Crippen LogP contribution in [0.3, 0.4) is 0 Å². The molecule has 0 spiro atoms. The fourth-order valence-corrected chi connectivity index (χ4v) is 2.73. The van der Waals surface area contributed by atoms with E-state index in [0.717, 1.165) is 38.7 Å². The Labute approximate surface area is 122 Å². The van der Waals surface area contributed by atoms with E-state index in [1.54, 1.807) is 7.11 Å². The second-order valence-electron chi connectivity index (χ2n) is 4.99. The number of aromatic nitrogens is 2. The van der Waals surface area contributed by atoms with Gasteiger partial charge in [-0.15, -0.1) is 0 Å². The van der Waals surface area contributed by atoms with E-state index in [4.69, 9.17) is 9.72 Å². The molecule has 1 N–H and O–H groups in total. The number of methoxy groups -OCH3 is 1. The number of ether oxygens (including phenoxy) is 1. The highest BCUT2D eigenvalue weighted by molar-refractivity contribution is 6.11. The van der Waals surface area contributed by atoms with Gasteiger partial charge in [-0.1, -0.05) is 30.3 Å². The number of fused-ring (bicyclic) bond motifs is 3. The molecule has 0 amide bonds. The standard InChI is InChI=1S/C18H14N2O/c1-21-13-7-8-17-14(9-13)15-10-19-11-16(15)18(20-17)12-5-3-2-4-6-12/h2-11,19H,1H3. The normalized spacial score (nSPS) is 11.1. The number of aromatic amines is 1. The van der Waals surface area contributed by atoms with Crippen molar-refractivity contribution in [1.29, 1.82) is 0 Å². The molecule has 0 fully saturated rings. The maximum Gasteiger partial charge on any atom is 0.119 e. The number of hydrogen-bond donors (Lipinski definition) is 1. The van der Waals surface area contributed by atoms with E-state index in [1.807, 2.05) is 48.8 Å². The molecule has 3 nitrogen and oxygen atoms in total. The number of H-pyrrole nitrogens is 1. The fourth-order valence-electron chi connectivity index (χ4n) is 2.73. The number of rotatable bonds is 2. The van der Waals surface area contributed by atoms with Crippen LogP contribution in [-0.4, -0.2) is 17.1 Å². The molecule has 2 aromatic carbocycles. The SMILES string of the molecule is COc1ccc2nc(-c3ccccc3)c3c[nH]cc3c2c1. The Morgan fingerprint density at radius 1 is 0.905 bits per heavy atom. The minimum absolute atomic E-state index is 0.847. The zero-order valence-electron chi connectivity index (χ0n) is 11.6. The van der Waals surface area contributed by atoms with E-state index in [2.05, 4.69) is 17.1 Å². The number of nitrogens with zero attached hydrogens (tertiary/aromatic N) is 1. The van der Waals surface area contributed by atoms with Crippen molar-refractivity contribution in [3.05, 3.63) is 60.9 Å². The van der Waals surface area contributed by atoms with Crippen molar-refractivity contribution >= 4 is 21.7 Å². The second kappa shape index (κ2) is 4.63. The maximum absolute atomic E-state index is 5.32. The van der Waals surface area contributed by atoms with Crippen LogP contribution in [0.5, 0.6) is 5.75 Å². The molecular formula is C18H14N2O. The molecule has 0 atom stereocenters. The van der Waals surface area contributed by atoms with E-state index in [9.17, 15) is 0 Å². The molecule has 0 saturated carbocycles. The van der Waals surface area contributed by atoms with Gasteiger partial charge >= 0.3 is 0 Å². The number of benzene rings is 2. The predicted octanol–water partition coefficient (Wildman–Crippen LogP) is 4.39. The van der Waals surface area contributed by atoms with Crippen LogP contribution < -0.4 is 4.74 Å². The molecule has 3 heteroatoms. The van der Waals surface area contributed by atoms with Gasteiger partial charge in [-0.3, -0.25) is 0 Å². The lowest BCUT2D eigenvalue weighted by molar-refractivity contribution is 0.415. The van der Waals surface area contributed by atoms with Crippen LogP contribution in [0.4, 0.5) is 0 Å². The molecule has 0 unspecified atom stereocenters. The first kappa shape index (κ1) is 12.0. The number of pyridine rings is 1. The first-order valence-corrected chi connectivity index (χ1v) is 6.86. The Kier molecular flexibility index (Phi) is 2.64. The molecule has 0 radical (unpaired) electrons. The fraction of sp³-hybridized carbons (Fsp3) is 0.0556. The van der Waals surface area contributed by atoms with Gasteiger partial charge in [-0.25, -0.2) is 4.98 Å². The van der Waals surface area contributed by atoms with Crippen LogP contribution in [0.15, 0.2) is 60.9 Å². The monoisotopic (exact) mass is 274 g/mol. The van der Waals surface area contributed by atoms with Crippen LogP contribution in [0, 0.1) is 0 Å². The quantitative estimate of drug-likeness (QED) is 0.588. The van der Waals surface area contributed by atoms with Crippen LogP contribution in [0.25, 0.3) is 32.9 Å². The van der Waals surface area contributed by atoms with Crippen LogP contribution in [0.1, 0.15) is 0 Å². The summed E-state index contributed by atoms with van der Waals surface area (Å²) in [5.74, 6) is 0.847. The summed E-state index contributed by atoms with van der Waals surface area (Å²) in [5, 5.41) is 3.39.